The molecule has 33 heavy (non-hydrogen) atoms. The summed E-state index contributed by atoms with van der Waals surface area (Å²) < 4.78 is 33.5. The van der Waals surface area contributed by atoms with E-state index in [-0.39, 0.29) is 17.3 Å². The molecule has 5 rings (SSSR count). The van der Waals surface area contributed by atoms with E-state index in [2.05, 4.69) is 4.98 Å². The number of fused-ring (bicyclic) bond motifs is 1. The molecular weight excluding hydrogens is 436 g/mol. The zero-order chi connectivity index (χ0) is 22.8. The molecule has 2 aromatic heterocycles. The lowest BCUT2D eigenvalue weighted by Crippen LogP contribution is -2.40. The van der Waals surface area contributed by atoms with Crippen molar-refractivity contribution in [1.29, 1.82) is 0 Å². The molecule has 1 aliphatic rings. The Morgan fingerprint density at radius 1 is 1.03 bits per heavy atom. The number of pyridine rings is 1. The standard InChI is InChI=1S/C26H24N2O4S/c29-24(13-12-19-14-15-27-22(17-19)20-7-2-1-3-8-20)23-10-6-16-28(23)33(30,31)26-18-21-9-4-5-11-25(21)32-26/h1-5,7-9,11,14-15,17-18,23H,6,10,12-13,16H2/t23-/m0/s1. The van der Waals surface area contributed by atoms with E-state index in [4.69, 9.17) is 4.42 Å². The van der Waals surface area contributed by atoms with Crippen molar-refractivity contribution in [1.82, 2.24) is 9.29 Å². The van der Waals surface area contributed by atoms with E-state index in [0.717, 1.165) is 22.2 Å². The minimum absolute atomic E-state index is 0.0646. The van der Waals surface area contributed by atoms with Gasteiger partial charge in [-0.15, -0.1) is 0 Å². The van der Waals surface area contributed by atoms with Crippen LogP contribution >= 0.6 is 0 Å². The first-order valence-electron chi connectivity index (χ1n) is 11.1. The SMILES string of the molecule is O=C(CCc1ccnc(-c2ccccc2)c1)[C@@H]1CCCN1S(=O)(=O)c1cc2ccccc2o1. The number of benzene rings is 2. The highest BCUT2D eigenvalue weighted by atomic mass is 32.2. The van der Waals surface area contributed by atoms with Crippen LogP contribution in [0.3, 0.4) is 0 Å². The van der Waals surface area contributed by atoms with Gasteiger partial charge in [0.25, 0.3) is 10.0 Å². The summed E-state index contributed by atoms with van der Waals surface area (Å²) in [6.45, 7) is 0.323. The molecule has 2 aromatic carbocycles. The maximum Gasteiger partial charge on any atom is 0.277 e. The molecule has 0 aliphatic carbocycles. The number of para-hydroxylation sites is 1. The fraction of sp³-hybridized carbons (Fsp3) is 0.231. The summed E-state index contributed by atoms with van der Waals surface area (Å²) in [7, 11) is -3.88. The number of hydrogen-bond acceptors (Lipinski definition) is 5. The Labute approximate surface area is 192 Å². The van der Waals surface area contributed by atoms with Crippen LogP contribution in [0.25, 0.3) is 22.2 Å². The average molecular weight is 461 g/mol. The Morgan fingerprint density at radius 2 is 1.82 bits per heavy atom. The molecule has 6 nitrogen and oxygen atoms in total. The predicted molar refractivity (Wildman–Crippen MR) is 126 cm³/mol. The lowest BCUT2D eigenvalue weighted by molar-refractivity contribution is -0.122. The van der Waals surface area contributed by atoms with Gasteiger partial charge in [-0.2, -0.15) is 4.31 Å². The monoisotopic (exact) mass is 460 g/mol. The van der Waals surface area contributed by atoms with E-state index in [0.29, 0.717) is 31.4 Å². The maximum absolute atomic E-state index is 13.3. The highest BCUT2D eigenvalue weighted by Gasteiger charge is 2.40. The third-order valence-electron chi connectivity index (χ3n) is 6.10. The highest BCUT2D eigenvalue weighted by molar-refractivity contribution is 7.89. The molecule has 0 spiro atoms. The van der Waals surface area contributed by atoms with Crippen LogP contribution in [-0.2, 0) is 21.2 Å². The van der Waals surface area contributed by atoms with Gasteiger partial charge in [-0.25, -0.2) is 8.42 Å². The minimum atomic E-state index is -3.88. The number of rotatable bonds is 7. The molecule has 1 fully saturated rings. The third kappa shape index (κ3) is 4.34. The lowest BCUT2D eigenvalue weighted by Gasteiger charge is -2.21. The molecule has 0 amide bonds. The summed E-state index contributed by atoms with van der Waals surface area (Å²) in [4.78, 5) is 17.5. The number of ketones is 1. The van der Waals surface area contributed by atoms with E-state index < -0.39 is 16.1 Å². The summed E-state index contributed by atoms with van der Waals surface area (Å²) in [5.41, 5.74) is 3.40. The summed E-state index contributed by atoms with van der Waals surface area (Å²) in [5.74, 6) is -0.0646. The summed E-state index contributed by atoms with van der Waals surface area (Å²) >= 11 is 0. The molecule has 0 bridgehead atoms. The Morgan fingerprint density at radius 3 is 2.64 bits per heavy atom. The Balaban J connectivity index is 1.30. The zero-order valence-corrected chi connectivity index (χ0v) is 18.9. The molecular formula is C26H24N2O4S. The van der Waals surface area contributed by atoms with Crippen LogP contribution in [0.5, 0.6) is 0 Å². The van der Waals surface area contributed by atoms with Crippen LogP contribution < -0.4 is 0 Å². The third-order valence-corrected chi connectivity index (χ3v) is 7.86. The number of sulfonamides is 1. The van der Waals surface area contributed by atoms with Gasteiger partial charge in [0, 0.05) is 36.2 Å². The molecule has 0 saturated carbocycles. The minimum Gasteiger partial charge on any atom is -0.443 e. The smallest absolute Gasteiger partial charge is 0.277 e. The van der Waals surface area contributed by atoms with Gasteiger partial charge in [0.2, 0.25) is 5.09 Å². The number of furan rings is 1. The molecule has 0 unspecified atom stereocenters. The van der Waals surface area contributed by atoms with Crippen LogP contribution in [0.4, 0.5) is 0 Å². The fourth-order valence-corrected chi connectivity index (χ4v) is 6.01. The molecule has 1 aliphatic heterocycles. The second kappa shape index (κ2) is 8.92. The van der Waals surface area contributed by atoms with Gasteiger partial charge >= 0.3 is 0 Å². The highest BCUT2D eigenvalue weighted by Crippen LogP contribution is 2.31. The number of aromatic nitrogens is 1. The maximum atomic E-state index is 13.3. The first-order valence-corrected chi connectivity index (χ1v) is 12.5. The number of carbonyl (C=O) groups is 1. The molecule has 0 N–H and O–H groups in total. The number of nitrogens with zero attached hydrogens (tertiary/aromatic N) is 2. The molecule has 1 atom stereocenters. The molecule has 1 saturated heterocycles. The Kier molecular flexibility index (Phi) is 5.83. The predicted octanol–water partition coefficient (Wildman–Crippen LogP) is 4.85. The van der Waals surface area contributed by atoms with E-state index in [1.165, 1.54) is 10.4 Å². The van der Waals surface area contributed by atoms with E-state index >= 15 is 0 Å². The zero-order valence-electron chi connectivity index (χ0n) is 18.1. The average Bonchev–Trinajstić information content (AvgIpc) is 3.52. The van der Waals surface area contributed by atoms with E-state index in [1.54, 1.807) is 18.3 Å². The van der Waals surface area contributed by atoms with Crippen LogP contribution in [0.2, 0.25) is 0 Å². The van der Waals surface area contributed by atoms with Crippen molar-refractivity contribution in [2.45, 2.75) is 36.8 Å². The molecule has 0 radical (unpaired) electrons. The lowest BCUT2D eigenvalue weighted by atomic mass is 10.0. The summed E-state index contributed by atoms with van der Waals surface area (Å²) in [6.07, 6.45) is 3.74. The van der Waals surface area contributed by atoms with Gasteiger partial charge in [-0.05, 0) is 43.0 Å². The van der Waals surface area contributed by atoms with Crippen LogP contribution in [-0.4, -0.2) is 36.1 Å². The van der Waals surface area contributed by atoms with Crippen molar-refractivity contribution in [2.24, 2.45) is 0 Å². The normalized spacial score (nSPS) is 16.9. The number of carbonyl (C=O) groups excluding carboxylic acids is 1. The van der Waals surface area contributed by atoms with Gasteiger partial charge in [-0.3, -0.25) is 9.78 Å². The largest absolute Gasteiger partial charge is 0.443 e. The van der Waals surface area contributed by atoms with Crippen molar-refractivity contribution in [2.75, 3.05) is 6.54 Å². The summed E-state index contributed by atoms with van der Waals surface area (Å²) in [6, 6.07) is 21.8. The Bertz CT molecular complexity index is 1360. The number of hydrogen-bond donors (Lipinski definition) is 0. The van der Waals surface area contributed by atoms with Crippen molar-refractivity contribution in [3.63, 3.8) is 0 Å². The van der Waals surface area contributed by atoms with E-state index in [9.17, 15) is 13.2 Å². The second-order valence-electron chi connectivity index (χ2n) is 8.26. The molecule has 4 aromatic rings. The fourth-order valence-electron chi connectivity index (χ4n) is 4.38. The van der Waals surface area contributed by atoms with Gasteiger partial charge in [-0.1, -0.05) is 48.5 Å². The first-order chi connectivity index (χ1) is 16.0. The van der Waals surface area contributed by atoms with Crippen molar-refractivity contribution < 1.29 is 17.6 Å². The van der Waals surface area contributed by atoms with Gasteiger partial charge in [0.05, 0.1) is 11.7 Å². The number of aryl methyl sites for hydroxylation is 1. The van der Waals surface area contributed by atoms with Crippen LogP contribution in [0.15, 0.2) is 88.5 Å². The molecule has 168 valence electrons. The van der Waals surface area contributed by atoms with Crippen LogP contribution in [0.1, 0.15) is 24.8 Å². The first kappa shape index (κ1) is 21.6. The topological polar surface area (TPSA) is 80.5 Å². The van der Waals surface area contributed by atoms with Gasteiger partial charge in [0.15, 0.2) is 5.78 Å². The number of Topliss-reactive ketones (excluding diaryl/α,β-unsaturated/α-hetero) is 1. The van der Waals surface area contributed by atoms with Crippen LogP contribution in [0, 0.1) is 0 Å². The van der Waals surface area contributed by atoms with Gasteiger partial charge in [0.1, 0.15) is 5.58 Å². The quantitative estimate of drug-likeness (QED) is 0.394. The van der Waals surface area contributed by atoms with Crippen molar-refractivity contribution in [3.05, 3.63) is 84.6 Å². The van der Waals surface area contributed by atoms with E-state index in [1.807, 2.05) is 54.6 Å². The summed E-state index contributed by atoms with van der Waals surface area (Å²) in [5, 5.41) is 0.620. The van der Waals surface area contributed by atoms with Crippen molar-refractivity contribution in [3.8, 4) is 11.3 Å². The van der Waals surface area contributed by atoms with Crippen molar-refractivity contribution >= 4 is 26.8 Å². The molecule has 3 heterocycles. The molecule has 7 heteroatoms. The van der Waals surface area contributed by atoms with Gasteiger partial charge < -0.3 is 4.42 Å². The second-order valence-corrected chi connectivity index (χ2v) is 10.1. The Hall–Kier alpha value is -3.29.